The number of rotatable bonds is 6. The quantitative estimate of drug-likeness (QED) is 0.510. The van der Waals surface area contributed by atoms with Crippen molar-refractivity contribution in [2.45, 2.75) is 19.4 Å². The van der Waals surface area contributed by atoms with Gasteiger partial charge in [0, 0.05) is 22.9 Å². The topological polar surface area (TPSA) is 81.1 Å². The van der Waals surface area contributed by atoms with Crippen LogP contribution in [0.2, 0.25) is 5.15 Å². The third-order valence-electron chi connectivity index (χ3n) is 5.07. The fraction of sp³-hybridized carbons (Fsp3) is 0.273. The van der Waals surface area contributed by atoms with E-state index < -0.39 is 16.1 Å². The first-order chi connectivity index (χ1) is 14.8. The summed E-state index contributed by atoms with van der Waals surface area (Å²) in [5.41, 5.74) is 2.63. The number of nitrogens with zero attached hydrogens (tertiary/aromatic N) is 3. The van der Waals surface area contributed by atoms with E-state index in [9.17, 15) is 8.42 Å². The molecule has 3 aromatic rings. The van der Waals surface area contributed by atoms with Crippen LogP contribution in [0.25, 0.3) is 10.9 Å². The lowest BCUT2D eigenvalue weighted by molar-refractivity contribution is 0.340. The molecule has 0 unspecified atom stereocenters. The summed E-state index contributed by atoms with van der Waals surface area (Å²) in [6.45, 7) is 2.45. The molecule has 7 nitrogen and oxygen atoms in total. The first-order valence-electron chi connectivity index (χ1n) is 9.75. The summed E-state index contributed by atoms with van der Waals surface area (Å²) in [4.78, 5) is 4.48. The zero-order chi connectivity index (χ0) is 22.2. The van der Waals surface area contributed by atoms with Gasteiger partial charge in [0.1, 0.15) is 16.7 Å². The molecule has 0 spiro atoms. The van der Waals surface area contributed by atoms with E-state index in [4.69, 9.17) is 21.1 Å². The number of sulfonamides is 1. The second kappa shape index (κ2) is 8.36. The summed E-state index contributed by atoms with van der Waals surface area (Å²) in [5, 5.41) is 5.49. The van der Waals surface area contributed by atoms with Gasteiger partial charge in [-0.15, -0.1) is 0 Å². The summed E-state index contributed by atoms with van der Waals surface area (Å²) < 4.78 is 37.3. The highest BCUT2D eigenvalue weighted by Crippen LogP contribution is 2.40. The maximum Gasteiger partial charge on any atom is 0.247 e. The van der Waals surface area contributed by atoms with E-state index in [1.54, 1.807) is 7.11 Å². The van der Waals surface area contributed by atoms with Crippen LogP contribution >= 0.6 is 11.6 Å². The number of hydrazone groups is 1. The molecule has 2 aromatic carbocycles. The van der Waals surface area contributed by atoms with E-state index in [0.29, 0.717) is 41.3 Å². The lowest BCUT2D eigenvalue weighted by Gasteiger charge is -2.22. The number of hydrogen-bond donors (Lipinski definition) is 0. The van der Waals surface area contributed by atoms with E-state index in [2.05, 4.69) is 10.1 Å². The maximum atomic E-state index is 12.6. The van der Waals surface area contributed by atoms with Crippen LogP contribution < -0.4 is 9.47 Å². The Hall–Kier alpha value is -2.84. The number of ether oxygens (including phenoxy) is 2. The molecule has 1 atom stereocenters. The number of fused-ring (bicyclic) bond motifs is 1. The van der Waals surface area contributed by atoms with Gasteiger partial charge in [0.2, 0.25) is 10.0 Å². The average molecular weight is 460 g/mol. The Kier molecular flexibility index (Phi) is 5.77. The van der Waals surface area contributed by atoms with Crippen molar-refractivity contribution in [1.82, 2.24) is 9.40 Å². The molecule has 0 aliphatic carbocycles. The fourth-order valence-corrected chi connectivity index (χ4v) is 4.88. The van der Waals surface area contributed by atoms with Crippen molar-refractivity contribution in [3.05, 3.63) is 64.8 Å². The van der Waals surface area contributed by atoms with Crippen LogP contribution in [0.15, 0.2) is 53.6 Å². The van der Waals surface area contributed by atoms with Gasteiger partial charge in [0.15, 0.2) is 0 Å². The lowest BCUT2D eigenvalue weighted by atomic mass is 9.98. The van der Waals surface area contributed by atoms with Crippen molar-refractivity contribution in [2.75, 3.05) is 20.0 Å². The zero-order valence-corrected chi connectivity index (χ0v) is 18.9. The molecule has 31 heavy (non-hydrogen) atoms. The van der Waals surface area contributed by atoms with Crippen LogP contribution in [0.3, 0.4) is 0 Å². The monoisotopic (exact) mass is 459 g/mol. The van der Waals surface area contributed by atoms with E-state index in [1.807, 2.05) is 55.5 Å². The van der Waals surface area contributed by atoms with Gasteiger partial charge in [0.25, 0.3) is 0 Å². The number of para-hydroxylation sites is 1. The van der Waals surface area contributed by atoms with Gasteiger partial charge in [-0.2, -0.15) is 9.52 Å². The SMILES string of the molecule is CCOc1ccc2nc(Cl)c([C@@H]3CC(c4ccccc4OC)=NN3S(C)(=O)=O)cc2c1. The van der Waals surface area contributed by atoms with E-state index in [1.165, 1.54) is 0 Å². The van der Waals surface area contributed by atoms with Gasteiger partial charge in [-0.05, 0) is 43.3 Å². The minimum Gasteiger partial charge on any atom is -0.496 e. The number of halogens is 1. The molecule has 9 heteroatoms. The van der Waals surface area contributed by atoms with Crippen molar-refractivity contribution in [1.29, 1.82) is 0 Å². The van der Waals surface area contributed by atoms with Crippen LogP contribution in [0.5, 0.6) is 11.5 Å². The number of pyridine rings is 1. The Balaban J connectivity index is 1.81. The average Bonchev–Trinajstić information content (AvgIpc) is 3.19. The van der Waals surface area contributed by atoms with E-state index >= 15 is 0 Å². The maximum absolute atomic E-state index is 12.6. The molecule has 0 saturated carbocycles. The van der Waals surface area contributed by atoms with Crippen LogP contribution in [0, 0.1) is 0 Å². The van der Waals surface area contributed by atoms with Crippen LogP contribution in [0.4, 0.5) is 0 Å². The molecule has 0 radical (unpaired) electrons. The van der Waals surface area contributed by atoms with Crippen molar-refractivity contribution in [2.24, 2.45) is 5.10 Å². The molecule has 0 saturated heterocycles. The molecule has 2 heterocycles. The van der Waals surface area contributed by atoms with Crippen molar-refractivity contribution >= 4 is 38.2 Å². The predicted octanol–water partition coefficient (Wildman–Crippen LogP) is 4.41. The number of methoxy groups -OCH3 is 1. The summed E-state index contributed by atoms with van der Waals surface area (Å²) in [6.07, 6.45) is 1.47. The molecular formula is C22H22ClN3O4S. The third-order valence-corrected chi connectivity index (χ3v) is 6.39. The molecule has 0 amide bonds. The predicted molar refractivity (Wildman–Crippen MR) is 121 cm³/mol. The molecule has 162 valence electrons. The Morgan fingerprint density at radius 2 is 1.97 bits per heavy atom. The van der Waals surface area contributed by atoms with Gasteiger partial charge >= 0.3 is 0 Å². The second-order valence-electron chi connectivity index (χ2n) is 7.16. The number of benzene rings is 2. The first-order valence-corrected chi connectivity index (χ1v) is 12.0. The molecule has 1 aliphatic heterocycles. The summed E-state index contributed by atoms with van der Waals surface area (Å²) in [5.74, 6) is 1.34. The highest BCUT2D eigenvalue weighted by Gasteiger charge is 2.37. The highest BCUT2D eigenvalue weighted by molar-refractivity contribution is 7.88. The Morgan fingerprint density at radius 1 is 1.19 bits per heavy atom. The molecule has 0 N–H and O–H groups in total. The van der Waals surface area contributed by atoms with E-state index in [-0.39, 0.29) is 5.15 Å². The smallest absolute Gasteiger partial charge is 0.247 e. The van der Waals surface area contributed by atoms with Crippen LogP contribution in [0.1, 0.15) is 30.5 Å². The highest BCUT2D eigenvalue weighted by atomic mass is 35.5. The van der Waals surface area contributed by atoms with E-state index in [0.717, 1.165) is 21.6 Å². The second-order valence-corrected chi connectivity index (χ2v) is 9.36. The Bertz CT molecular complexity index is 1280. The zero-order valence-electron chi connectivity index (χ0n) is 17.4. The minimum absolute atomic E-state index is 0.242. The van der Waals surface area contributed by atoms with Gasteiger partial charge in [-0.25, -0.2) is 13.4 Å². The molecule has 1 aliphatic rings. The summed E-state index contributed by atoms with van der Waals surface area (Å²) in [6, 6.07) is 14.2. The molecule has 1 aromatic heterocycles. The normalized spacial score (nSPS) is 16.5. The minimum atomic E-state index is -3.65. The molecule has 0 fully saturated rings. The van der Waals surface area contributed by atoms with Crippen molar-refractivity contribution in [3.8, 4) is 11.5 Å². The Morgan fingerprint density at radius 3 is 2.68 bits per heavy atom. The van der Waals surface area contributed by atoms with Gasteiger partial charge < -0.3 is 9.47 Å². The number of hydrogen-bond acceptors (Lipinski definition) is 6. The summed E-state index contributed by atoms with van der Waals surface area (Å²) >= 11 is 6.51. The molecule has 4 rings (SSSR count). The number of aromatic nitrogens is 1. The van der Waals surface area contributed by atoms with Gasteiger partial charge in [-0.1, -0.05) is 23.7 Å². The van der Waals surface area contributed by atoms with Gasteiger partial charge in [0.05, 0.1) is 37.2 Å². The van der Waals surface area contributed by atoms with Gasteiger partial charge in [-0.3, -0.25) is 0 Å². The van der Waals surface area contributed by atoms with Crippen LogP contribution in [-0.2, 0) is 10.0 Å². The standard InChI is InChI=1S/C22H22ClN3O4S/c1-4-30-15-9-10-18-14(11-15)12-17(22(23)24-18)20-13-19(25-26(20)31(3,27)28)16-7-5-6-8-21(16)29-2/h5-12,20H,4,13H2,1-3H3/t20-/m0/s1. The third kappa shape index (κ3) is 4.18. The molecule has 0 bridgehead atoms. The summed E-state index contributed by atoms with van der Waals surface area (Å²) in [7, 11) is -2.08. The Labute approximate surface area is 186 Å². The lowest BCUT2D eigenvalue weighted by Crippen LogP contribution is -2.26. The largest absolute Gasteiger partial charge is 0.496 e. The van der Waals surface area contributed by atoms with Crippen LogP contribution in [-0.4, -0.2) is 43.5 Å². The van der Waals surface area contributed by atoms with Crippen molar-refractivity contribution in [3.63, 3.8) is 0 Å². The fourth-order valence-electron chi connectivity index (χ4n) is 3.71. The first kappa shape index (κ1) is 21.4. The van der Waals surface area contributed by atoms with Crippen molar-refractivity contribution < 1.29 is 17.9 Å². The molecular weight excluding hydrogens is 438 g/mol.